The van der Waals surface area contributed by atoms with Crippen LogP contribution in [0.5, 0.6) is 0 Å². The van der Waals surface area contributed by atoms with Gasteiger partial charge in [0.2, 0.25) is 5.95 Å². The molecule has 1 aromatic heterocycles. The zero-order valence-electron chi connectivity index (χ0n) is 12.4. The first kappa shape index (κ1) is 13.6. The monoisotopic (exact) mass is 275 g/mol. The molecule has 0 radical (unpaired) electrons. The van der Waals surface area contributed by atoms with Crippen LogP contribution in [0.15, 0.2) is 12.3 Å². The Morgan fingerprint density at radius 2 is 2.15 bits per heavy atom. The van der Waals surface area contributed by atoms with Gasteiger partial charge in [0.05, 0.1) is 0 Å². The molecule has 0 spiro atoms. The minimum atomic E-state index is 0.722. The second-order valence-electron chi connectivity index (χ2n) is 5.80. The van der Waals surface area contributed by atoms with Gasteiger partial charge in [0.1, 0.15) is 5.82 Å². The van der Waals surface area contributed by atoms with E-state index in [0.29, 0.717) is 0 Å². The largest absolute Gasteiger partial charge is 0.355 e. The van der Waals surface area contributed by atoms with Gasteiger partial charge in [0, 0.05) is 31.9 Å². The van der Waals surface area contributed by atoms with E-state index in [9.17, 15) is 0 Å². The van der Waals surface area contributed by atoms with E-state index < -0.39 is 0 Å². The number of nitrogens with one attached hydrogen (secondary N) is 1. The Hall–Kier alpha value is -1.36. The molecule has 0 aromatic carbocycles. The normalized spacial score (nSPS) is 23.4. The fraction of sp³-hybridized carbons (Fsp3) is 0.733. The van der Waals surface area contributed by atoms with Gasteiger partial charge in [0.25, 0.3) is 0 Å². The zero-order valence-corrected chi connectivity index (χ0v) is 12.4. The van der Waals surface area contributed by atoms with Crippen LogP contribution in [0, 0.1) is 0 Å². The van der Waals surface area contributed by atoms with Crippen molar-refractivity contribution in [2.24, 2.45) is 0 Å². The smallest absolute Gasteiger partial charge is 0.224 e. The lowest BCUT2D eigenvalue weighted by molar-refractivity contribution is 0.260. The maximum atomic E-state index is 4.64. The summed E-state index contributed by atoms with van der Waals surface area (Å²) in [5.74, 6) is 1.83. The van der Waals surface area contributed by atoms with Crippen LogP contribution in [-0.4, -0.2) is 53.6 Å². The Kier molecular flexibility index (Phi) is 4.35. The van der Waals surface area contributed by atoms with Gasteiger partial charge in [-0.15, -0.1) is 0 Å². The molecule has 0 bridgehead atoms. The topological polar surface area (TPSA) is 44.3 Å². The summed E-state index contributed by atoms with van der Waals surface area (Å²) in [5, 5.41) is 3.27. The van der Waals surface area contributed by atoms with Gasteiger partial charge in [-0.25, -0.2) is 4.98 Å². The summed E-state index contributed by atoms with van der Waals surface area (Å²) in [5.41, 5.74) is 0. The Morgan fingerprint density at radius 1 is 1.30 bits per heavy atom. The first-order valence-electron chi connectivity index (χ1n) is 7.92. The van der Waals surface area contributed by atoms with E-state index in [1.807, 2.05) is 12.3 Å². The van der Waals surface area contributed by atoms with Crippen molar-refractivity contribution in [3.8, 4) is 0 Å². The van der Waals surface area contributed by atoms with Gasteiger partial charge in [-0.3, -0.25) is 4.90 Å². The van der Waals surface area contributed by atoms with Crippen molar-refractivity contribution in [1.29, 1.82) is 0 Å². The van der Waals surface area contributed by atoms with Crippen LogP contribution in [0.1, 0.15) is 32.6 Å². The molecule has 20 heavy (non-hydrogen) atoms. The third-order valence-electron chi connectivity index (χ3n) is 4.32. The zero-order chi connectivity index (χ0) is 13.8. The number of nitrogens with zero attached hydrogens (tertiary/aromatic N) is 4. The summed E-state index contributed by atoms with van der Waals surface area (Å²) in [6.45, 7) is 7.88. The van der Waals surface area contributed by atoms with Gasteiger partial charge in [-0.2, -0.15) is 4.98 Å². The summed E-state index contributed by atoms with van der Waals surface area (Å²) >= 11 is 0. The number of anilines is 2. The first-order chi connectivity index (χ1) is 9.86. The highest BCUT2D eigenvalue weighted by Crippen LogP contribution is 2.24. The predicted molar refractivity (Wildman–Crippen MR) is 82.2 cm³/mol. The summed E-state index contributed by atoms with van der Waals surface area (Å²) in [7, 11) is 0. The number of hydrogen-bond donors (Lipinski definition) is 1. The van der Waals surface area contributed by atoms with Gasteiger partial charge >= 0.3 is 0 Å². The Morgan fingerprint density at radius 3 is 2.95 bits per heavy atom. The molecule has 0 amide bonds. The van der Waals surface area contributed by atoms with Crippen LogP contribution in [-0.2, 0) is 0 Å². The molecule has 3 rings (SSSR count). The molecule has 5 nitrogen and oxygen atoms in total. The van der Waals surface area contributed by atoms with Gasteiger partial charge in [-0.1, -0.05) is 6.92 Å². The molecule has 0 aliphatic carbocycles. The molecule has 1 unspecified atom stereocenters. The van der Waals surface area contributed by atoms with Crippen LogP contribution >= 0.6 is 0 Å². The fourth-order valence-corrected chi connectivity index (χ4v) is 3.20. The molecule has 1 N–H and O–H groups in total. The van der Waals surface area contributed by atoms with Crippen molar-refractivity contribution in [3.05, 3.63) is 12.3 Å². The Bertz CT molecular complexity index is 430. The standard InChI is InChI=1S/C15H25N5/c1-2-7-16-15-17-8-5-14(18-15)20-11-6-13(12-20)19-9-3-4-10-19/h5,8,13H,2-4,6-7,9-12H2,1H3,(H,16,17,18). The van der Waals surface area contributed by atoms with Crippen LogP contribution in [0.2, 0.25) is 0 Å². The van der Waals surface area contributed by atoms with Crippen LogP contribution in [0.25, 0.3) is 0 Å². The van der Waals surface area contributed by atoms with E-state index in [2.05, 4.69) is 32.0 Å². The highest BCUT2D eigenvalue weighted by atomic mass is 15.3. The quantitative estimate of drug-likeness (QED) is 0.890. The molecule has 2 saturated heterocycles. The van der Waals surface area contributed by atoms with Gasteiger partial charge in [0.15, 0.2) is 0 Å². The maximum Gasteiger partial charge on any atom is 0.224 e. The molecule has 2 fully saturated rings. The van der Waals surface area contributed by atoms with E-state index in [1.165, 1.54) is 32.4 Å². The van der Waals surface area contributed by atoms with E-state index in [0.717, 1.165) is 43.9 Å². The minimum absolute atomic E-state index is 0.722. The second kappa shape index (κ2) is 6.39. The lowest BCUT2D eigenvalue weighted by atomic mass is 10.2. The number of likely N-dealkylation sites (tertiary alicyclic amines) is 1. The Balaban J connectivity index is 1.61. The summed E-state index contributed by atoms with van der Waals surface area (Å²) in [6.07, 6.45) is 6.96. The summed E-state index contributed by atoms with van der Waals surface area (Å²) < 4.78 is 0. The Labute approximate surface area is 121 Å². The van der Waals surface area contributed by atoms with Crippen molar-refractivity contribution in [3.63, 3.8) is 0 Å². The van der Waals surface area contributed by atoms with Crippen molar-refractivity contribution >= 4 is 11.8 Å². The van der Waals surface area contributed by atoms with Gasteiger partial charge in [-0.05, 0) is 44.8 Å². The number of hydrogen-bond acceptors (Lipinski definition) is 5. The predicted octanol–water partition coefficient (Wildman–Crippen LogP) is 1.97. The van der Waals surface area contributed by atoms with Crippen LogP contribution in [0.4, 0.5) is 11.8 Å². The van der Waals surface area contributed by atoms with Crippen molar-refractivity contribution in [2.45, 2.75) is 38.6 Å². The van der Waals surface area contributed by atoms with E-state index in [4.69, 9.17) is 0 Å². The van der Waals surface area contributed by atoms with Crippen LogP contribution < -0.4 is 10.2 Å². The van der Waals surface area contributed by atoms with E-state index >= 15 is 0 Å². The second-order valence-corrected chi connectivity index (χ2v) is 5.80. The molecule has 110 valence electrons. The minimum Gasteiger partial charge on any atom is -0.355 e. The summed E-state index contributed by atoms with van der Waals surface area (Å²) in [6, 6.07) is 2.75. The third kappa shape index (κ3) is 3.03. The molecule has 2 aliphatic rings. The maximum absolute atomic E-state index is 4.64. The fourth-order valence-electron chi connectivity index (χ4n) is 3.20. The molecular formula is C15H25N5. The third-order valence-corrected chi connectivity index (χ3v) is 4.32. The summed E-state index contributed by atoms with van der Waals surface area (Å²) in [4.78, 5) is 14.0. The molecule has 5 heteroatoms. The first-order valence-corrected chi connectivity index (χ1v) is 7.92. The number of aromatic nitrogens is 2. The molecule has 1 aromatic rings. The molecule has 2 aliphatic heterocycles. The van der Waals surface area contributed by atoms with Crippen LogP contribution in [0.3, 0.4) is 0 Å². The molecule has 0 saturated carbocycles. The lowest BCUT2D eigenvalue weighted by Gasteiger charge is -2.24. The highest BCUT2D eigenvalue weighted by molar-refractivity contribution is 5.43. The molecular weight excluding hydrogens is 250 g/mol. The van der Waals surface area contributed by atoms with Crippen molar-refractivity contribution < 1.29 is 0 Å². The van der Waals surface area contributed by atoms with Crippen molar-refractivity contribution in [1.82, 2.24) is 14.9 Å². The average Bonchev–Trinajstić information content (AvgIpc) is 3.15. The highest BCUT2D eigenvalue weighted by Gasteiger charge is 2.29. The van der Waals surface area contributed by atoms with Gasteiger partial charge < -0.3 is 10.2 Å². The van der Waals surface area contributed by atoms with E-state index in [-0.39, 0.29) is 0 Å². The van der Waals surface area contributed by atoms with E-state index in [1.54, 1.807) is 0 Å². The molecule has 3 heterocycles. The average molecular weight is 275 g/mol. The SMILES string of the molecule is CCCNc1nccc(N2CCC(N3CCCC3)C2)n1. The van der Waals surface area contributed by atoms with Crippen molar-refractivity contribution in [2.75, 3.05) is 42.9 Å². The molecule has 1 atom stereocenters. The number of rotatable bonds is 5. The lowest BCUT2D eigenvalue weighted by Crippen LogP contribution is -2.35.